The van der Waals surface area contributed by atoms with Gasteiger partial charge in [0.05, 0.1) is 4.92 Å². The Morgan fingerprint density at radius 2 is 2.20 bits per heavy atom. The van der Waals surface area contributed by atoms with Crippen molar-refractivity contribution in [1.29, 1.82) is 0 Å². The maximum absolute atomic E-state index is 10.6. The predicted molar refractivity (Wildman–Crippen MR) is 58.4 cm³/mol. The van der Waals surface area contributed by atoms with Crippen LogP contribution in [0.1, 0.15) is 11.6 Å². The number of nitrogens with two attached hydrogens (primary N) is 2. The first-order valence-electron chi connectivity index (χ1n) is 4.09. The molecule has 0 aliphatic heterocycles. The number of aromatic hydroxyl groups is 1. The molecule has 0 unspecified atom stereocenters. The molecule has 82 valence electrons. The molecule has 0 aliphatic carbocycles. The molecule has 1 rings (SSSR count). The van der Waals surface area contributed by atoms with Gasteiger partial charge in [-0.25, -0.2) is 0 Å². The molecule has 0 amide bonds. The number of rotatable bonds is 3. The van der Waals surface area contributed by atoms with Crippen LogP contribution in [-0.2, 0) is 0 Å². The van der Waals surface area contributed by atoms with Crippen LogP contribution >= 0.6 is 15.9 Å². The molecule has 0 saturated heterocycles. The molecule has 5 N–H and O–H groups in total. The summed E-state index contributed by atoms with van der Waals surface area (Å²) in [4.78, 5) is 9.92. The summed E-state index contributed by atoms with van der Waals surface area (Å²) in [6, 6.07) is 2.10. The Hall–Kier alpha value is -1.18. The summed E-state index contributed by atoms with van der Waals surface area (Å²) in [6.07, 6.45) is 0. The zero-order valence-electron chi connectivity index (χ0n) is 7.68. The van der Waals surface area contributed by atoms with Crippen LogP contribution in [0.2, 0.25) is 0 Å². The fourth-order valence-corrected chi connectivity index (χ4v) is 1.62. The zero-order chi connectivity index (χ0) is 11.6. The van der Waals surface area contributed by atoms with Gasteiger partial charge in [-0.3, -0.25) is 10.1 Å². The van der Waals surface area contributed by atoms with Crippen LogP contribution in [0.5, 0.6) is 5.75 Å². The van der Waals surface area contributed by atoms with E-state index >= 15 is 0 Å². The molecule has 0 spiro atoms. The van der Waals surface area contributed by atoms with Gasteiger partial charge in [-0.05, 0) is 6.07 Å². The predicted octanol–water partition coefficient (Wildman–Crippen LogP) is 1.02. The maximum Gasteiger partial charge on any atom is 0.312 e. The molecule has 0 radical (unpaired) electrons. The van der Waals surface area contributed by atoms with E-state index < -0.39 is 16.7 Å². The highest BCUT2D eigenvalue weighted by atomic mass is 79.9. The Morgan fingerprint density at radius 1 is 1.60 bits per heavy atom. The monoisotopic (exact) mass is 275 g/mol. The van der Waals surface area contributed by atoms with E-state index in [4.69, 9.17) is 11.5 Å². The topological polar surface area (TPSA) is 115 Å². The first-order valence-corrected chi connectivity index (χ1v) is 4.89. The number of hydrogen-bond acceptors (Lipinski definition) is 5. The standard InChI is InChI=1S/C8H10BrN3O3/c9-4-1-5(6(11)3-10)8(13)7(2-4)12(14)15/h1-2,6,13H,3,10-11H2/t6-/m0/s1. The fourth-order valence-electron chi connectivity index (χ4n) is 1.15. The van der Waals surface area contributed by atoms with Gasteiger partial charge in [0.25, 0.3) is 0 Å². The average molecular weight is 276 g/mol. The van der Waals surface area contributed by atoms with Crippen molar-refractivity contribution in [1.82, 2.24) is 0 Å². The van der Waals surface area contributed by atoms with E-state index in [-0.39, 0.29) is 17.8 Å². The number of phenols is 1. The number of nitro groups is 1. The Morgan fingerprint density at radius 3 is 2.67 bits per heavy atom. The van der Waals surface area contributed by atoms with Gasteiger partial charge >= 0.3 is 5.69 Å². The Labute approximate surface area is 94.2 Å². The van der Waals surface area contributed by atoms with Gasteiger partial charge < -0.3 is 16.6 Å². The van der Waals surface area contributed by atoms with Crippen molar-refractivity contribution in [2.75, 3.05) is 6.54 Å². The Balaban J connectivity index is 3.34. The lowest BCUT2D eigenvalue weighted by atomic mass is 10.1. The van der Waals surface area contributed by atoms with Crippen molar-refractivity contribution in [2.45, 2.75) is 6.04 Å². The van der Waals surface area contributed by atoms with E-state index in [1.807, 2.05) is 0 Å². The smallest absolute Gasteiger partial charge is 0.312 e. The maximum atomic E-state index is 10.6. The number of benzene rings is 1. The highest BCUT2D eigenvalue weighted by Gasteiger charge is 2.21. The van der Waals surface area contributed by atoms with Crippen molar-refractivity contribution in [2.24, 2.45) is 11.5 Å². The third kappa shape index (κ3) is 2.44. The quantitative estimate of drug-likeness (QED) is 0.563. The highest BCUT2D eigenvalue weighted by Crippen LogP contribution is 2.35. The molecule has 15 heavy (non-hydrogen) atoms. The van der Waals surface area contributed by atoms with Crippen LogP contribution < -0.4 is 11.5 Å². The van der Waals surface area contributed by atoms with E-state index in [1.165, 1.54) is 12.1 Å². The number of nitro benzene ring substituents is 1. The second-order valence-electron chi connectivity index (χ2n) is 2.96. The van der Waals surface area contributed by atoms with E-state index in [0.29, 0.717) is 4.47 Å². The first kappa shape index (κ1) is 11.9. The minimum absolute atomic E-state index is 0.0984. The molecule has 0 bridgehead atoms. The molecule has 0 fully saturated rings. The second kappa shape index (κ2) is 4.56. The lowest BCUT2D eigenvalue weighted by Gasteiger charge is -2.11. The van der Waals surface area contributed by atoms with Gasteiger partial charge in [-0.2, -0.15) is 0 Å². The Bertz CT molecular complexity index is 397. The van der Waals surface area contributed by atoms with Crippen LogP contribution in [0.3, 0.4) is 0 Å². The summed E-state index contributed by atoms with van der Waals surface area (Å²) < 4.78 is 0.478. The minimum atomic E-state index is -0.674. The van der Waals surface area contributed by atoms with Gasteiger partial charge in [0, 0.05) is 28.7 Å². The van der Waals surface area contributed by atoms with Crippen LogP contribution in [0.4, 0.5) is 5.69 Å². The van der Waals surface area contributed by atoms with E-state index in [1.54, 1.807) is 0 Å². The number of phenolic OH excluding ortho intramolecular Hbond substituents is 1. The summed E-state index contributed by atoms with van der Waals surface area (Å²) in [5, 5.41) is 20.2. The molecule has 0 saturated carbocycles. The molecule has 1 aromatic rings. The lowest BCUT2D eigenvalue weighted by molar-refractivity contribution is -0.386. The zero-order valence-corrected chi connectivity index (χ0v) is 9.27. The first-order chi connectivity index (χ1) is 6.97. The molecule has 0 aliphatic rings. The summed E-state index contributed by atoms with van der Waals surface area (Å²) >= 11 is 3.10. The van der Waals surface area contributed by atoms with E-state index in [2.05, 4.69) is 15.9 Å². The number of hydrogen-bond donors (Lipinski definition) is 3. The summed E-state index contributed by atoms with van der Waals surface area (Å²) in [7, 11) is 0. The van der Waals surface area contributed by atoms with Gasteiger partial charge in [0.2, 0.25) is 0 Å². The summed E-state index contributed by atoms with van der Waals surface area (Å²) in [5.41, 5.74) is 10.8. The van der Waals surface area contributed by atoms with Crippen LogP contribution in [0.25, 0.3) is 0 Å². The second-order valence-corrected chi connectivity index (χ2v) is 3.88. The molecule has 1 atom stereocenters. The molecular formula is C8H10BrN3O3. The van der Waals surface area contributed by atoms with Gasteiger partial charge in [-0.1, -0.05) is 15.9 Å². The van der Waals surface area contributed by atoms with E-state index in [9.17, 15) is 15.2 Å². The SMILES string of the molecule is NC[C@H](N)c1cc(Br)cc([N+](=O)[O-])c1O. The van der Waals surface area contributed by atoms with Crippen LogP contribution in [-0.4, -0.2) is 16.6 Å². The third-order valence-corrected chi connectivity index (χ3v) is 2.39. The van der Waals surface area contributed by atoms with Crippen molar-refractivity contribution < 1.29 is 10.0 Å². The van der Waals surface area contributed by atoms with Crippen molar-refractivity contribution >= 4 is 21.6 Å². The van der Waals surface area contributed by atoms with Crippen molar-refractivity contribution in [3.63, 3.8) is 0 Å². The lowest BCUT2D eigenvalue weighted by Crippen LogP contribution is -2.21. The van der Waals surface area contributed by atoms with Crippen LogP contribution in [0.15, 0.2) is 16.6 Å². The summed E-state index contributed by atoms with van der Waals surface area (Å²) in [5.74, 6) is -0.429. The van der Waals surface area contributed by atoms with Crippen molar-refractivity contribution in [3.8, 4) is 5.75 Å². The summed E-state index contributed by atoms with van der Waals surface area (Å²) in [6.45, 7) is 0.0984. The van der Waals surface area contributed by atoms with Gasteiger partial charge in [0.1, 0.15) is 0 Å². The highest BCUT2D eigenvalue weighted by molar-refractivity contribution is 9.10. The molecule has 6 nitrogen and oxygen atoms in total. The molecule has 1 aromatic carbocycles. The number of nitrogens with zero attached hydrogens (tertiary/aromatic N) is 1. The minimum Gasteiger partial charge on any atom is -0.502 e. The normalized spacial score (nSPS) is 12.5. The van der Waals surface area contributed by atoms with E-state index in [0.717, 1.165) is 0 Å². The molecule has 0 heterocycles. The molecule has 0 aromatic heterocycles. The number of halogens is 1. The molecular weight excluding hydrogens is 266 g/mol. The molecule has 7 heteroatoms. The van der Waals surface area contributed by atoms with Gasteiger partial charge in [0.15, 0.2) is 5.75 Å². The average Bonchev–Trinajstić information content (AvgIpc) is 2.19. The third-order valence-electron chi connectivity index (χ3n) is 1.93. The fraction of sp³-hybridized carbons (Fsp3) is 0.250. The van der Waals surface area contributed by atoms with Crippen molar-refractivity contribution in [3.05, 3.63) is 32.3 Å². The largest absolute Gasteiger partial charge is 0.502 e. The van der Waals surface area contributed by atoms with Crippen LogP contribution in [0, 0.1) is 10.1 Å². The van der Waals surface area contributed by atoms with Gasteiger partial charge in [-0.15, -0.1) is 0 Å². The Kier molecular flexibility index (Phi) is 3.61.